The summed E-state index contributed by atoms with van der Waals surface area (Å²) in [5, 5.41) is 7.87. The molecule has 7 heteroatoms. The maximum absolute atomic E-state index is 12.2. The molecular formula is C14H13N5O2. The van der Waals surface area contributed by atoms with E-state index in [1.165, 1.54) is 17.8 Å². The number of aromatic nitrogens is 5. The second-order valence-corrected chi connectivity index (χ2v) is 4.78. The minimum Gasteiger partial charge on any atom is -0.298 e. The smallest absolute Gasteiger partial charge is 0.283 e. The van der Waals surface area contributed by atoms with E-state index in [0.29, 0.717) is 12.2 Å². The minimum absolute atomic E-state index is 0.00663. The zero-order valence-electron chi connectivity index (χ0n) is 11.4. The molecule has 2 heterocycles. The van der Waals surface area contributed by atoms with E-state index >= 15 is 0 Å². The molecule has 0 unspecified atom stereocenters. The molecule has 1 aromatic carbocycles. The van der Waals surface area contributed by atoms with Crippen molar-refractivity contribution in [1.82, 2.24) is 24.5 Å². The second-order valence-electron chi connectivity index (χ2n) is 4.78. The molecule has 0 radical (unpaired) electrons. The number of fused-ring (bicyclic) bond motifs is 1. The van der Waals surface area contributed by atoms with E-state index in [1.807, 2.05) is 30.3 Å². The van der Waals surface area contributed by atoms with E-state index < -0.39 is 0 Å². The monoisotopic (exact) mass is 283 g/mol. The number of hydrogen-bond acceptors (Lipinski definition) is 5. The molecule has 0 bridgehead atoms. The minimum atomic E-state index is -0.352. The van der Waals surface area contributed by atoms with Gasteiger partial charge in [-0.25, -0.2) is 9.67 Å². The van der Waals surface area contributed by atoms with Gasteiger partial charge in [-0.05, 0) is 12.5 Å². The molecule has 0 fully saturated rings. The Hall–Kier alpha value is -2.83. The first kappa shape index (κ1) is 13.2. The molecule has 106 valence electrons. The summed E-state index contributed by atoms with van der Waals surface area (Å²) in [6.07, 6.45) is 1.36. The number of rotatable bonds is 4. The SMILES string of the molecule is CC(=O)Cn1cnc2c(nnn2Cc2ccccc2)c1=O. The van der Waals surface area contributed by atoms with Gasteiger partial charge < -0.3 is 0 Å². The summed E-state index contributed by atoms with van der Waals surface area (Å²) in [5.74, 6) is -0.116. The molecule has 0 atom stereocenters. The number of benzene rings is 1. The van der Waals surface area contributed by atoms with E-state index in [-0.39, 0.29) is 23.4 Å². The molecule has 0 spiro atoms. The highest BCUT2D eigenvalue weighted by atomic mass is 16.1. The summed E-state index contributed by atoms with van der Waals surface area (Å²) in [7, 11) is 0. The molecule has 2 aromatic heterocycles. The molecule has 3 aromatic rings. The predicted octanol–water partition coefficient (Wildman–Crippen LogP) is 0.625. The summed E-state index contributed by atoms with van der Waals surface area (Å²) in [6.45, 7) is 1.90. The van der Waals surface area contributed by atoms with Gasteiger partial charge in [-0.15, -0.1) is 5.10 Å². The standard InChI is InChI=1S/C14H13N5O2/c1-10(20)7-18-9-15-13-12(14(18)21)16-17-19(13)8-11-5-3-2-4-6-11/h2-6,9H,7-8H2,1H3. The lowest BCUT2D eigenvalue weighted by molar-refractivity contribution is -0.117. The van der Waals surface area contributed by atoms with Crippen molar-refractivity contribution in [3.05, 3.63) is 52.6 Å². The average Bonchev–Trinajstić information content (AvgIpc) is 2.87. The summed E-state index contributed by atoms with van der Waals surface area (Å²) in [5.41, 5.74) is 1.28. The maximum atomic E-state index is 12.2. The average molecular weight is 283 g/mol. The van der Waals surface area contributed by atoms with Crippen molar-refractivity contribution in [3.63, 3.8) is 0 Å². The van der Waals surface area contributed by atoms with Gasteiger partial charge in [0.2, 0.25) is 0 Å². The fourth-order valence-corrected chi connectivity index (χ4v) is 2.10. The topological polar surface area (TPSA) is 82.7 Å². The van der Waals surface area contributed by atoms with Crippen molar-refractivity contribution in [3.8, 4) is 0 Å². The van der Waals surface area contributed by atoms with Crippen molar-refractivity contribution in [1.29, 1.82) is 0 Å². The van der Waals surface area contributed by atoms with E-state index in [4.69, 9.17) is 0 Å². The molecule has 3 rings (SSSR count). The van der Waals surface area contributed by atoms with Crippen molar-refractivity contribution < 1.29 is 4.79 Å². The Balaban J connectivity index is 2.02. The number of nitrogens with zero attached hydrogens (tertiary/aromatic N) is 5. The molecule has 0 amide bonds. The lowest BCUT2D eigenvalue weighted by Crippen LogP contribution is -2.24. The molecule has 21 heavy (non-hydrogen) atoms. The number of Topliss-reactive ketones (excluding diaryl/α,β-unsaturated/α-hetero) is 1. The zero-order valence-corrected chi connectivity index (χ0v) is 11.4. The molecule has 0 aliphatic carbocycles. The highest BCUT2D eigenvalue weighted by Crippen LogP contribution is 2.07. The van der Waals surface area contributed by atoms with Crippen LogP contribution >= 0.6 is 0 Å². The van der Waals surface area contributed by atoms with Crippen molar-refractivity contribution in [2.75, 3.05) is 0 Å². The van der Waals surface area contributed by atoms with Gasteiger partial charge in [-0.1, -0.05) is 35.5 Å². The largest absolute Gasteiger partial charge is 0.298 e. The lowest BCUT2D eigenvalue weighted by atomic mass is 10.2. The number of carbonyl (C=O) groups is 1. The van der Waals surface area contributed by atoms with Crippen LogP contribution in [-0.4, -0.2) is 30.3 Å². The Labute approximate surface area is 119 Å². The summed E-state index contributed by atoms with van der Waals surface area (Å²) >= 11 is 0. The normalized spacial score (nSPS) is 10.9. The number of hydrogen-bond donors (Lipinski definition) is 0. The molecular weight excluding hydrogens is 270 g/mol. The van der Waals surface area contributed by atoms with E-state index in [9.17, 15) is 9.59 Å². The van der Waals surface area contributed by atoms with Gasteiger partial charge in [0.15, 0.2) is 11.2 Å². The van der Waals surface area contributed by atoms with Crippen LogP contribution in [0.5, 0.6) is 0 Å². The number of carbonyl (C=O) groups excluding carboxylic acids is 1. The number of ketones is 1. The Kier molecular flexibility index (Phi) is 3.31. The third kappa shape index (κ3) is 2.58. The Morgan fingerprint density at radius 2 is 2.00 bits per heavy atom. The Morgan fingerprint density at radius 3 is 2.71 bits per heavy atom. The van der Waals surface area contributed by atoms with E-state index in [1.54, 1.807) is 4.68 Å². The van der Waals surface area contributed by atoms with Gasteiger partial charge in [-0.2, -0.15) is 0 Å². The summed E-state index contributed by atoms with van der Waals surface area (Å²) in [6, 6.07) is 9.72. The van der Waals surface area contributed by atoms with Crippen LogP contribution in [0, 0.1) is 0 Å². The fraction of sp³-hybridized carbons (Fsp3) is 0.214. The summed E-state index contributed by atoms with van der Waals surface area (Å²) in [4.78, 5) is 27.5. The Morgan fingerprint density at radius 1 is 1.24 bits per heavy atom. The third-order valence-corrected chi connectivity index (χ3v) is 3.06. The van der Waals surface area contributed by atoms with Crippen LogP contribution in [0.4, 0.5) is 0 Å². The highest BCUT2D eigenvalue weighted by Gasteiger charge is 2.12. The molecule has 0 N–H and O–H groups in total. The van der Waals surface area contributed by atoms with Crippen LogP contribution in [0.3, 0.4) is 0 Å². The van der Waals surface area contributed by atoms with Gasteiger partial charge in [0, 0.05) is 0 Å². The third-order valence-electron chi connectivity index (χ3n) is 3.06. The van der Waals surface area contributed by atoms with Gasteiger partial charge in [0.05, 0.1) is 13.1 Å². The first-order valence-corrected chi connectivity index (χ1v) is 6.47. The van der Waals surface area contributed by atoms with Crippen LogP contribution in [0.1, 0.15) is 12.5 Å². The quantitative estimate of drug-likeness (QED) is 0.701. The lowest BCUT2D eigenvalue weighted by Gasteiger charge is -2.03. The van der Waals surface area contributed by atoms with Crippen LogP contribution in [-0.2, 0) is 17.9 Å². The van der Waals surface area contributed by atoms with Crippen LogP contribution in [0.15, 0.2) is 41.5 Å². The molecule has 0 saturated carbocycles. The first-order valence-electron chi connectivity index (χ1n) is 6.47. The van der Waals surface area contributed by atoms with Crippen molar-refractivity contribution in [2.24, 2.45) is 0 Å². The van der Waals surface area contributed by atoms with Crippen LogP contribution < -0.4 is 5.56 Å². The summed E-state index contributed by atoms with van der Waals surface area (Å²) < 4.78 is 2.82. The maximum Gasteiger partial charge on any atom is 0.283 e. The molecule has 0 aliphatic heterocycles. The highest BCUT2D eigenvalue weighted by molar-refractivity contribution is 5.75. The van der Waals surface area contributed by atoms with Gasteiger partial charge >= 0.3 is 0 Å². The Bertz CT molecular complexity index is 851. The molecule has 7 nitrogen and oxygen atoms in total. The van der Waals surface area contributed by atoms with Crippen molar-refractivity contribution in [2.45, 2.75) is 20.0 Å². The fourth-order valence-electron chi connectivity index (χ4n) is 2.10. The van der Waals surface area contributed by atoms with Crippen molar-refractivity contribution >= 4 is 16.9 Å². The second kappa shape index (κ2) is 5.28. The van der Waals surface area contributed by atoms with E-state index in [0.717, 1.165) is 5.56 Å². The first-order chi connectivity index (χ1) is 10.1. The van der Waals surface area contributed by atoms with E-state index in [2.05, 4.69) is 15.3 Å². The van der Waals surface area contributed by atoms with Crippen LogP contribution in [0.25, 0.3) is 11.2 Å². The molecule has 0 saturated heterocycles. The predicted molar refractivity (Wildman–Crippen MR) is 75.8 cm³/mol. The van der Waals surface area contributed by atoms with Gasteiger partial charge in [-0.3, -0.25) is 14.2 Å². The van der Waals surface area contributed by atoms with Gasteiger partial charge in [0.1, 0.15) is 12.1 Å². The molecule has 0 aliphatic rings. The zero-order chi connectivity index (χ0) is 14.8. The van der Waals surface area contributed by atoms with Crippen LogP contribution in [0.2, 0.25) is 0 Å². The van der Waals surface area contributed by atoms with Gasteiger partial charge in [0.25, 0.3) is 5.56 Å².